The SMILES string of the molecule is CC/C=C\C/C=C\C/C=C\CCCCCCCC(=O)OC(COC(=O)CCCCCCCCCCCCCCC)COC(=O)CCCCCCCCCCCCCCC. The molecule has 0 aromatic carbocycles. The minimum atomic E-state index is -0.775. The minimum Gasteiger partial charge on any atom is -0.462 e. The second-order valence-corrected chi connectivity index (χ2v) is 17.1. The van der Waals surface area contributed by atoms with Gasteiger partial charge < -0.3 is 14.2 Å². The molecule has 0 aromatic rings. The van der Waals surface area contributed by atoms with Crippen LogP contribution in [-0.4, -0.2) is 37.2 Å². The van der Waals surface area contributed by atoms with E-state index in [2.05, 4.69) is 57.2 Å². The van der Waals surface area contributed by atoms with Crippen molar-refractivity contribution < 1.29 is 28.6 Å². The van der Waals surface area contributed by atoms with Crippen molar-refractivity contribution in [1.82, 2.24) is 0 Å². The van der Waals surface area contributed by atoms with Crippen LogP contribution in [-0.2, 0) is 28.6 Å². The van der Waals surface area contributed by atoms with E-state index in [1.807, 2.05) is 0 Å². The monoisotopic (exact) mass is 829 g/mol. The molecule has 0 atom stereocenters. The van der Waals surface area contributed by atoms with Gasteiger partial charge in [0.1, 0.15) is 13.2 Å². The number of hydrogen-bond acceptors (Lipinski definition) is 6. The molecule has 344 valence electrons. The zero-order chi connectivity index (χ0) is 43.0. The van der Waals surface area contributed by atoms with Gasteiger partial charge in [0, 0.05) is 19.3 Å². The summed E-state index contributed by atoms with van der Waals surface area (Å²) in [7, 11) is 0. The molecule has 0 radical (unpaired) electrons. The van der Waals surface area contributed by atoms with E-state index in [0.29, 0.717) is 19.3 Å². The summed E-state index contributed by atoms with van der Waals surface area (Å²) in [5.41, 5.74) is 0. The summed E-state index contributed by atoms with van der Waals surface area (Å²) in [6.07, 6.45) is 55.5. The first kappa shape index (κ1) is 56.6. The fourth-order valence-electron chi connectivity index (χ4n) is 7.34. The van der Waals surface area contributed by atoms with Crippen molar-refractivity contribution in [3.05, 3.63) is 36.5 Å². The average molecular weight is 829 g/mol. The van der Waals surface area contributed by atoms with Crippen LogP contribution in [0.15, 0.2) is 36.5 Å². The van der Waals surface area contributed by atoms with E-state index in [9.17, 15) is 14.4 Å². The van der Waals surface area contributed by atoms with Crippen LogP contribution in [0.2, 0.25) is 0 Å². The summed E-state index contributed by atoms with van der Waals surface area (Å²) >= 11 is 0. The second kappa shape index (κ2) is 48.3. The first-order valence-electron chi connectivity index (χ1n) is 25.5. The number of carbonyl (C=O) groups excluding carboxylic acids is 3. The molecule has 0 aliphatic carbocycles. The van der Waals surface area contributed by atoms with Gasteiger partial charge in [-0.2, -0.15) is 0 Å². The molecule has 0 saturated carbocycles. The molecule has 0 bridgehead atoms. The number of esters is 3. The Morgan fingerprint density at radius 3 is 1.03 bits per heavy atom. The Kier molecular flexibility index (Phi) is 46.4. The molecule has 0 saturated heterocycles. The molecule has 6 nitrogen and oxygen atoms in total. The molecule has 0 aromatic heterocycles. The zero-order valence-corrected chi connectivity index (χ0v) is 39.3. The summed E-state index contributed by atoms with van der Waals surface area (Å²) < 4.78 is 16.8. The van der Waals surface area contributed by atoms with Crippen molar-refractivity contribution >= 4 is 17.9 Å². The van der Waals surface area contributed by atoms with Gasteiger partial charge in [-0.25, -0.2) is 0 Å². The highest BCUT2D eigenvalue weighted by atomic mass is 16.6. The summed E-state index contributed by atoms with van der Waals surface area (Å²) in [6.45, 7) is 6.53. The van der Waals surface area contributed by atoms with Crippen molar-refractivity contribution in [3.8, 4) is 0 Å². The third kappa shape index (κ3) is 46.5. The molecule has 0 rings (SSSR count). The van der Waals surface area contributed by atoms with E-state index >= 15 is 0 Å². The first-order valence-corrected chi connectivity index (χ1v) is 25.5. The normalized spacial score (nSPS) is 11.8. The largest absolute Gasteiger partial charge is 0.462 e. The molecule has 0 heterocycles. The average Bonchev–Trinajstić information content (AvgIpc) is 3.23. The summed E-state index contributed by atoms with van der Waals surface area (Å²) in [5.74, 6) is -0.881. The molecule has 0 N–H and O–H groups in total. The Bertz CT molecular complexity index is 954. The quantitative estimate of drug-likeness (QED) is 0.0263. The third-order valence-electron chi connectivity index (χ3n) is 11.2. The highest BCUT2D eigenvalue weighted by Gasteiger charge is 2.19. The second-order valence-electron chi connectivity index (χ2n) is 17.1. The van der Waals surface area contributed by atoms with Crippen molar-refractivity contribution in [2.45, 2.75) is 271 Å². The molecule has 0 aliphatic rings. The number of rotatable bonds is 46. The highest BCUT2D eigenvalue weighted by molar-refractivity contribution is 5.71. The van der Waals surface area contributed by atoms with E-state index < -0.39 is 6.10 Å². The minimum absolute atomic E-state index is 0.0751. The predicted molar refractivity (Wildman–Crippen MR) is 252 cm³/mol. The number of allylic oxidation sites excluding steroid dienone is 6. The highest BCUT2D eigenvalue weighted by Crippen LogP contribution is 2.16. The molecule has 6 heteroatoms. The Morgan fingerprint density at radius 2 is 0.661 bits per heavy atom. The van der Waals surface area contributed by atoms with Gasteiger partial charge >= 0.3 is 17.9 Å². The lowest BCUT2D eigenvalue weighted by Crippen LogP contribution is -2.30. The van der Waals surface area contributed by atoms with Gasteiger partial charge in [0.25, 0.3) is 0 Å². The van der Waals surface area contributed by atoms with E-state index in [0.717, 1.165) is 96.3 Å². The van der Waals surface area contributed by atoms with Gasteiger partial charge in [-0.15, -0.1) is 0 Å². The van der Waals surface area contributed by atoms with E-state index in [1.165, 1.54) is 128 Å². The van der Waals surface area contributed by atoms with Crippen molar-refractivity contribution in [1.29, 1.82) is 0 Å². The van der Waals surface area contributed by atoms with Crippen LogP contribution in [0.1, 0.15) is 265 Å². The standard InChI is InChI=1S/C53H96O6/c1-4-7-10-13-16-19-22-25-26-29-32-35-38-41-44-47-53(56)59-50(48-57-51(54)45-42-39-36-33-30-27-23-20-17-14-11-8-5-2)49-58-52(55)46-43-40-37-34-31-28-24-21-18-15-12-9-6-3/h7,10,16,19,25-26,50H,4-6,8-9,11-15,17-18,20-24,27-49H2,1-3H3/b10-7-,19-16-,26-25-. The van der Waals surface area contributed by atoms with Crippen molar-refractivity contribution in [2.75, 3.05) is 13.2 Å². The molecule has 0 fully saturated rings. The van der Waals surface area contributed by atoms with Gasteiger partial charge in [-0.3, -0.25) is 14.4 Å². The van der Waals surface area contributed by atoms with Gasteiger partial charge in [-0.1, -0.05) is 231 Å². The first-order chi connectivity index (χ1) is 29.0. The van der Waals surface area contributed by atoms with Crippen LogP contribution in [0, 0.1) is 0 Å². The number of hydrogen-bond donors (Lipinski definition) is 0. The maximum Gasteiger partial charge on any atom is 0.306 e. The summed E-state index contributed by atoms with van der Waals surface area (Å²) in [6, 6.07) is 0. The number of unbranched alkanes of at least 4 members (excludes halogenated alkanes) is 29. The Hall–Kier alpha value is -2.37. The van der Waals surface area contributed by atoms with Crippen LogP contribution in [0.5, 0.6) is 0 Å². The number of carbonyl (C=O) groups is 3. The molecule has 59 heavy (non-hydrogen) atoms. The third-order valence-corrected chi connectivity index (χ3v) is 11.2. The van der Waals surface area contributed by atoms with Gasteiger partial charge in [0.05, 0.1) is 0 Å². The molecular weight excluding hydrogens is 733 g/mol. The Morgan fingerprint density at radius 1 is 0.356 bits per heavy atom. The maximum atomic E-state index is 12.8. The summed E-state index contributed by atoms with van der Waals surface area (Å²) in [5, 5.41) is 0. The van der Waals surface area contributed by atoms with Gasteiger partial charge in [0.15, 0.2) is 6.10 Å². The topological polar surface area (TPSA) is 78.9 Å². The Balaban J connectivity index is 4.38. The zero-order valence-electron chi connectivity index (χ0n) is 39.3. The lowest BCUT2D eigenvalue weighted by molar-refractivity contribution is -0.167. The molecular formula is C53H96O6. The lowest BCUT2D eigenvalue weighted by atomic mass is 10.0. The fourth-order valence-corrected chi connectivity index (χ4v) is 7.34. The molecule has 0 unspecified atom stereocenters. The van der Waals surface area contributed by atoms with Crippen LogP contribution >= 0.6 is 0 Å². The molecule has 0 amide bonds. The Labute approximate surface area is 365 Å². The van der Waals surface area contributed by atoms with E-state index in [1.54, 1.807) is 0 Å². The lowest BCUT2D eigenvalue weighted by Gasteiger charge is -2.18. The molecule has 0 aliphatic heterocycles. The van der Waals surface area contributed by atoms with Crippen LogP contribution in [0.4, 0.5) is 0 Å². The fraction of sp³-hybridized carbons (Fsp3) is 0.830. The van der Waals surface area contributed by atoms with Gasteiger partial charge in [-0.05, 0) is 51.4 Å². The maximum absolute atomic E-state index is 12.8. The van der Waals surface area contributed by atoms with Crippen LogP contribution in [0.3, 0.4) is 0 Å². The van der Waals surface area contributed by atoms with Crippen molar-refractivity contribution in [2.24, 2.45) is 0 Å². The van der Waals surface area contributed by atoms with E-state index in [4.69, 9.17) is 14.2 Å². The van der Waals surface area contributed by atoms with Crippen LogP contribution in [0.25, 0.3) is 0 Å². The predicted octanol–water partition coefficient (Wildman–Crippen LogP) is 16.5. The van der Waals surface area contributed by atoms with Crippen molar-refractivity contribution in [3.63, 3.8) is 0 Å². The van der Waals surface area contributed by atoms with Crippen LogP contribution < -0.4 is 0 Å². The van der Waals surface area contributed by atoms with E-state index in [-0.39, 0.29) is 31.1 Å². The smallest absolute Gasteiger partial charge is 0.306 e. The summed E-state index contributed by atoms with van der Waals surface area (Å²) in [4.78, 5) is 37.9. The number of ether oxygens (including phenoxy) is 3. The molecule has 0 spiro atoms. The van der Waals surface area contributed by atoms with Gasteiger partial charge in [0.2, 0.25) is 0 Å².